The summed E-state index contributed by atoms with van der Waals surface area (Å²) in [6.07, 6.45) is 1.27. The highest BCUT2D eigenvalue weighted by Crippen LogP contribution is 2.21. The number of halogens is 1. The molecule has 5 nitrogen and oxygen atoms in total. The monoisotopic (exact) mass is 369 g/mol. The Balaban J connectivity index is 1.67. The minimum atomic E-state index is -0.438. The van der Waals surface area contributed by atoms with Crippen molar-refractivity contribution >= 4 is 51.6 Å². The van der Waals surface area contributed by atoms with Crippen molar-refractivity contribution in [2.75, 3.05) is 11.1 Å². The van der Waals surface area contributed by atoms with Crippen molar-refractivity contribution in [1.82, 2.24) is 4.98 Å². The maximum atomic E-state index is 11.8. The second-order valence-corrected chi connectivity index (χ2v) is 7.20. The Labute approximate surface area is 147 Å². The number of benzene rings is 1. The predicted molar refractivity (Wildman–Crippen MR) is 95.1 cm³/mol. The number of nitrogens with one attached hydrogen (secondary N) is 1. The van der Waals surface area contributed by atoms with Crippen molar-refractivity contribution in [3.05, 3.63) is 40.4 Å². The molecule has 0 bridgehead atoms. The second kappa shape index (κ2) is 8.90. The van der Waals surface area contributed by atoms with Gasteiger partial charge in [-0.25, -0.2) is 4.98 Å². The number of primary amides is 1. The standard InChI is InChI=1S/C15H16ClN3O2S2/c16-10-3-5-12(6-4-10)22-7-1-2-14(21)19-15-18-11(9-23-15)8-13(17)20/h3-6,9H,1-2,7-8H2,(H2,17,20)(H,18,19,21). The van der Waals surface area contributed by atoms with E-state index in [1.54, 1.807) is 17.1 Å². The van der Waals surface area contributed by atoms with Crippen LogP contribution in [0.1, 0.15) is 18.5 Å². The molecule has 0 fully saturated rings. The highest BCUT2D eigenvalue weighted by Gasteiger charge is 2.08. The fraction of sp³-hybridized carbons (Fsp3) is 0.267. The Hall–Kier alpha value is -1.57. The molecule has 8 heteroatoms. The van der Waals surface area contributed by atoms with Gasteiger partial charge in [0, 0.05) is 21.7 Å². The molecule has 2 rings (SSSR count). The van der Waals surface area contributed by atoms with Gasteiger partial charge in [-0.15, -0.1) is 23.1 Å². The number of aromatic nitrogens is 1. The number of hydrogen-bond acceptors (Lipinski definition) is 5. The number of nitrogens with two attached hydrogens (primary N) is 1. The molecule has 0 atom stereocenters. The van der Waals surface area contributed by atoms with Gasteiger partial charge in [0.1, 0.15) is 0 Å². The SMILES string of the molecule is NC(=O)Cc1csc(NC(=O)CCCSc2ccc(Cl)cc2)n1. The van der Waals surface area contributed by atoms with E-state index in [-0.39, 0.29) is 12.3 Å². The number of anilines is 1. The summed E-state index contributed by atoms with van der Waals surface area (Å²) in [6, 6.07) is 7.62. The third-order valence-electron chi connectivity index (χ3n) is 2.78. The lowest BCUT2D eigenvalue weighted by Gasteiger charge is -2.03. The van der Waals surface area contributed by atoms with Crippen molar-refractivity contribution in [3.63, 3.8) is 0 Å². The van der Waals surface area contributed by atoms with Crippen LogP contribution in [0.4, 0.5) is 5.13 Å². The van der Waals surface area contributed by atoms with Crippen LogP contribution in [0.15, 0.2) is 34.5 Å². The van der Waals surface area contributed by atoms with Gasteiger partial charge < -0.3 is 11.1 Å². The lowest BCUT2D eigenvalue weighted by molar-refractivity contribution is -0.117. The van der Waals surface area contributed by atoms with E-state index >= 15 is 0 Å². The second-order valence-electron chi connectivity index (χ2n) is 4.74. The quantitative estimate of drug-likeness (QED) is 0.552. The Bertz CT molecular complexity index is 674. The minimum Gasteiger partial charge on any atom is -0.369 e. The first-order chi connectivity index (χ1) is 11.0. The van der Waals surface area contributed by atoms with Gasteiger partial charge in [0.2, 0.25) is 11.8 Å². The third kappa shape index (κ3) is 6.60. The molecule has 1 aromatic heterocycles. The first kappa shape index (κ1) is 17.8. The maximum absolute atomic E-state index is 11.8. The summed E-state index contributed by atoms with van der Waals surface area (Å²) in [7, 11) is 0. The number of nitrogens with zero attached hydrogens (tertiary/aromatic N) is 1. The van der Waals surface area contributed by atoms with E-state index in [0.29, 0.717) is 22.3 Å². The van der Waals surface area contributed by atoms with Gasteiger partial charge in [-0.1, -0.05) is 11.6 Å². The van der Waals surface area contributed by atoms with Gasteiger partial charge >= 0.3 is 0 Å². The molecule has 0 spiro atoms. The van der Waals surface area contributed by atoms with Crippen LogP contribution >= 0.6 is 34.7 Å². The molecule has 0 aliphatic heterocycles. The fourth-order valence-electron chi connectivity index (χ4n) is 1.76. The first-order valence-corrected chi connectivity index (χ1v) is 9.18. The molecule has 1 heterocycles. The molecular weight excluding hydrogens is 354 g/mol. The Kier molecular flexibility index (Phi) is 6.88. The minimum absolute atomic E-state index is 0.0818. The van der Waals surface area contributed by atoms with Crippen LogP contribution in [0.2, 0.25) is 5.02 Å². The first-order valence-electron chi connectivity index (χ1n) is 6.94. The lowest BCUT2D eigenvalue weighted by Crippen LogP contribution is -2.14. The summed E-state index contributed by atoms with van der Waals surface area (Å²) in [6.45, 7) is 0. The molecule has 23 heavy (non-hydrogen) atoms. The van der Waals surface area contributed by atoms with Gasteiger partial charge in [0.25, 0.3) is 0 Å². The summed E-state index contributed by atoms with van der Waals surface area (Å²) >= 11 is 8.80. The van der Waals surface area contributed by atoms with Gasteiger partial charge in [-0.3, -0.25) is 9.59 Å². The van der Waals surface area contributed by atoms with Crippen LogP contribution in [0.3, 0.4) is 0 Å². The molecule has 2 aromatic rings. The van der Waals surface area contributed by atoms with E-state index in [4.69, 9.17) is 17.3 Å². The highest BCUT2D eigenvalue weighted by atomic mass is 35.5. The molecule has 3 N–H and O–H groups in total. The molecule has 0 saturated carbocycles. The topological polar surface area (TPSA) is 85.1 Å². The summed E-state index contributed by atoms with van der Waals surface area (Å²) in [5, 5.41) is 5.66. The highest BCUT2D eigenvalue weighted by molar-refractivity contribution is 7.99. The van der Waals surface area contributed by atoms with Crippen LogP contribution in [-0.4, -0.2) is 22.6 Å². The number of carbonyl (C=O) groups excluding carboxylic acids is 2. The van der Waals surface area contributed by atoms with Crippen LogP contribution < -0.4 is 11.1 Å². The predicted octanol–water partition coefficient (Wildman–Crippen LogP) is 3.34. The average Bonchev–Trinajstić information content (AvgIpc) is 2.91. The molecule has 0 radical (unpaired) electrons. The fourth-order valence-corrected chi connectivity index (χ4v) is 3.46. The maximum Gasteiger partial charge on any atom is 0.226 e. The van der Waals surface area contributed by atoms with E-state index in [0.717, 1.165) is 17.1 Å². The largest absolute Gasteiger partial charge is 0.369 e. The normalized spacial score (nSPS) is 10.5. The Morgan fingerprint density at radius 2 is 2.04 bits per heavy atom. The van der Waals surface area contributed by atoms with E-state index in [2.05, 4.69) is 10.3 Å². The number of thioether (sulfide) groups is 1. The molecule has 0 saturated heterocycles. The van der Waals surface area contributed by atoms with Crippen LogP contribution in [-0.2, 0) is 16.0 Å². The number of thiazole rings is 1. The van der Waals surface area contributed by atoms with Crippen molar-refractivity contribution in [2.45, 2.75) is 24.2 Å². The Morgan fingerprint density at radius 3 is 2.74 bits per heavy atom. The molecule has 0 aliphatic carbocycles. The van der Waals surface area contributed by atoms with E-state index in [1.807, 2.05) is 24.3 Å². The zero-order chi connectivity index (χ0) is 16.7. The lowest BCUT2D eigenvalue weighted by atomic mass is 10.3. The van der Waals surface area contributed by atoms with Gasteiger partial charge in [0.05, 0.1) is 12.1 Å². The van der Waals surface area contributed by atoms with Crippen molar-refractivity contribution in [2.24, 2.45) is 5.73 Å². The van der Waals surface area contributed by atoms with Crippen LogP contribution in [0.25, 0.3) is 0 Å². The zero-order valence-corrected chi connectivity index (χ0v) is 14.6. The number of rotatable bonds is 8. The zero-order valence-electron chi connectivity index (χ0n) is 12.3. The molecule has 1 aromatic carbocycles. The summed E-state index contributed by atoms with van der Waals surface area (Å²) in [5.41, 5.74) is 5.68. The Morgan fingerprint density at radius 1 is 1.30 bits per heavy atom. The molecule has 0 unspecified atom stereocenters. The molecule has 2 amide bonds. The van der Waals surface area contributed by atoms with Crippen molar-refractivity contribution < 1.29 is 9.59 Å². The van der Waals surface area contributed by atoms with Gasteiger partial charge in [0.15, 0.2) is 5.13 Å². The smallest absolute Gasteiger partial charge is 0.226 e. The van der Waals surface area contributed by atoms with Crippen LogP contribution in [0, 0.1) is 0 Å². The number of carbonyl (C=O) groups is 2. The van der Waals surface area contributed by atoms with E-state index < -0.39 is 5.91 Å². The summed E-state index contributed by atoms with van der Waals surface area (Å²) < 4.78 is 0. The van der Waals surface area contributed by atoms with Crippen molar-refractivity contribution in [1.29, 1.82) is 0 Å². The molecular formula is C15H16ClN3O2S2. The molecule has 122 valence electrons. The van der Waals surface area contributed by atoms with E-state index in [9.17, 15) is 9.59 Å². The average molecular weight is 370 g/mol. The van der Waals surface area contributed by atoms with Crippen molar-refractivity contribution in [3.8, 4) is 0 Å². The number of amides is 2. The third-order valence-corrected chi connectivity index (χ3v) is 4.94. The van der Waals surface area contributed by atoms with E-state index in [1.165, 1.54) is 11.3 Å². The number of hydrogen-bond donors (Lipinski definition) is 2. The van der Waals surface area contributed by atoms with Gasteiger partial charge in [-0.05, 0) is 36.4 Å². The summed E-state index contributed by atoms with van der Waals surface area (Å²) in [4.78, 5) is 27.9. The van der Waals surface area contributed by atoms with Gasteiger partial charge in [-0.2, -0.15) is 0 Å². The van der Waals surface area contributed by atoms with Crippen LogP contribution in [0.5, 0.6) is 0 Å². The summed E-state index contributed by atoms with van der Waals surface area (Å²) in [5.74, 6) is 0.328. The molecule has 0 aliphatic rings.